The summed E-state index contributed by atoms with van der Waals surface area (Å²) >= 11 is 7.52. The molecule has 94 valence electrons. The van der Waals surface area contributed by atoms with E-state index in [2.05, 4.69) is 0 Å². The van der Waals surface area contributed by atoms with Crippen LogP contribution in [0, 0.1) is 5.82 Å². The zero-order valence-electron chi connectivity index (χ0n) is 9.70. The zero-order valence-corrected chi connectivity index (χ0v) is 11.3. The van der Waals surface area contributed by atoms with Gasteiger partial charge in [-0.15, -0.1) is 0 Å². The van der Waals surface area contributed by atoms with E-state index >= 15 is 0 Å². The molecule has 0 radical (unpaired) electrons. The van der Waals surface area contributed by atoms with Crippen LogP contribution in [0.5, 0.6) is 0 Å². The standard InChI is InChI=1S/C14H13ClFNS/c15-12-9-11(6-5-10(12)7-8-17)18-14-4-2-1-3-13(14)16/h1-6,9H,7-8,17H2. The van der Waals surface area contributed by atoms with Gasteiger partial charge in [0, 0.05) is 14.8 Å². The zero-order chi connectivity index (χ0) is 13.0. The predicted octanol–water partition coefficient (Wildman–Crippen LogP) is 4.13. The average Bonchev–Trinajstić information content (AvgIpc) is 2.36. The van der Waals surface area contributed by atoms with Crippen LogP contribution in [0.2, 0.25) is 5.02 Å². The molecule has 0 spiro atoms. The molecule has 0 amide bonds. The Balaban J connectivity index is 2.20. The monoisotopic (exact) mass is 281 g/mol. The Morgan fingerprint density at radius 1 is 1.17 bits per heavy atom. The Labute approximate surface area is 115 Å². The highest BCUT2D eigenvalue weighted by atomic mass is 35.5. The maximum atomic E-state index is 13.5. The van der Waals surface area contributed by atoms with E-state index in [0.717, 1.165) is 16.9 Å². The summed E-state index contributed by atoms with van der Waals surface area (Å²) in [5.74, 6) is -0.218. The first-order chi connectivity index (χ1) is 8.70. The summed E-state index contributed by atoms with van der Waals surface area (Å²) in [6.07, 6.45) is 0.753. The summed E-state index contributed by atoms with van der Waals surface area (Å²) in [5, 5.41) is 0.682. The van der Waals surface area contributed by atoms with Gasteiger partial charge in [0.05, 0.1) is 0 Å². The molecule has 0 aliphatic heterocycles. The fourth-order valence-corrected chi connectivity index (χ4v) is 2.82. The minimum absolute atomic E-state index is 0.218. The normalized spacial score (nSPS) is 10.6. The number of nitrogens with two attached hydrogens (primary N) is 1. The maximum absolute atomic E-state index is 13.5. The van der Waals surface area contributed by atoms with Crippen molar-refractivity contribution < 1.29 is 4.39 Å². The van der Waals surface area contributed by atoms with Gasteiger partial charge < -0.3 is 5.73 Å². The largest absolute Gasteiger partial charge is 0.330 e. The molecule has 0 unspecified atom stereocenters. The molecule has 4 heteroatoms. The highest BCUT2D eigenvalue weighted by Gasteiger charge is 2.06. The Bertz CT molecular complexity index is 545. The number of benzene rings is 2. The van der Waals surface area contributed by atoms with E-state index in [9.17, 15) is 4.39 Å². The molecule has 0 saturated heterocycles. The highest BCUT2D eigenvalue weighted by molar-refractivity contribution is 7.99. The van der Waals surface area contributed by atoms with Gasteiger partial charge in [0.25, 0.3) is 0 Å². The predicted molar refractivity (Wildman–Crippen MR) is 74.7 cm³/mol. The number of halogens is 2. The third kappa shape index (κ3) is 3.25. The van der Waals surface area contributed by atoms with Crippen molar-refractivity contribution in [3.05, 3.63) is 58.9 Å². The summed E-state index contributed by atoms with van der Waals surface area (Å²) < 4.78 is 13.5. The van der Waals surface area contributed by atoms with E-state index in [4.69, 9.17) is 17.3 Å². The van der Waals surface area contributed by atoms with Gasteiger partial charge in [0.15, 0.2) is 0 Å². The molecular formula is C14H13ClFNS. The fraction of sp³-hybridized carbons (Fsp3) is 0.143. The van der Waals surface area contributed by atoms with Crippen LogP contribution in [0.4, 0.5) is 4.39 Å². The van der Waals surface area contributed by atoms with Crippen LogP contribution in [-0.2, 0) is 6.42 Å². The molecule has 0 aliphatic carbocycles. The van der Waals surface area contributed by atoms with Crippen LogP contribution in [0.1, 0.15) is 5.56 Å². The van der Waals surface area contributed by atoms with Gasteiger partial charge in [-0.1, -0.05) is 41.6 Å². The van der Waals surface area contributed by atoms with Gasteiger partial charge >= 0.3 is 0 Å². The van der Waals surface area contributed by atoms with Crippen molar-refractivity contribution in [2.24, 2.45) is 5.73 Å². The molecule has 0 atom stereocenters. The van der Waals surface area contributed by atoms with Crippen molar-refractivity contribution in [3.8, 4) is 0 Å². The molecule has 18 heavy (non-hydrogen) atoms. The SMILES string of the molecule is NCCc1ccc(Sc2ccccc2F)cc1Cl. The molecule has 1 nitrogen and oxygen atoms in total. The minimum atomic E-state index is -0.218. The molecule has 0 heterocycles. The first-order valence-corrected chi connectivity index (χ1v) is 6.81. The summed E-state index contributed by atoms with van der Waals surface area (Å²) in [6, 6.07) is 12.4. The van der Waals surface area contributed by atoms with Crippen LogP contribution in [0.3, 0.4) is 0 Å². The molecule has 0 aliphatic rings. The maximum Gasteiger partial charge on any atom is 0.137 e. The Kier molecular flexibility index (Phi) is 4.64. The van der Waals surface area contributed by atoms with E-state index in [1.54, 1.807) is 12.1 Å². The van der Waals surface area contributed by atoms with Crippen molar-refractivity contribution in [1.29, 1.82) is 0 Å². The third-order valence-corrected chi connectivity index (χ3v) is 3.90. The lowest BCUT2D eigenvalue weighted by Gasteiger charge is -2.06. The number of hydrogen-bond acceptors (Lipinski definition) is 2. The smallest absolute Gasteiger partial charge is 0.137 e. The first-order valence-electron chi connectivity index (χ1n) is 5.61. The third-order valence-electron chi connectivity index (χ3n) is 2.50. The molecular weight excluding hydrogens is 269 g/mol. The van der Waals surface area contributed by atoms with Crippen LogP contribution in [-0.4, -0.2) is 6.54 Å². The second kappa shape index (κ2) is 6.23. The van der Waals surface area contributed by atoms with Crippen LogP contribution >= 0.6 is 23.4 Å². The van der Waals surface area contributed by atoms with E-state index in [1.165, 1.54) is 17.8 Å². The Morgan fingerprint density at radius 3 is 2.61 bits per heavy atom. The second-order valence-corrected chi connectivity index (χ2v) is 5.35. The highest BCUT2D eigenvalue weighted by Crippen LogP contribution is 2.32. The topological polar surface area (TPSA) is 26.0 Å². The first kappa shape index (κ1) is 13.4. The fourth-order valence-electron chi connectivity index (χ4n) is 1.60. The summed E-state index contributed by atoms with van der Waals surface area (Å²) in [6.45, 7) is 0.569. The second-order valence-electron chi connectivity index (χ2n) is 3.82. The van der Waals surface area contributed by atoms with Gasteiger partial charge in [-0.2, -0.15) is 0 Å². The lowest BCUT2D eigenvalue weighted by atomic mass is 10.1. The Morgan fingerprint density at radius 2 is 1.94 bits per heavy atom. The van der Waals surface area contributed by atoms with Crippen LogP contribution < -0.4 is 5.73 Å². The summed E-state index contributed by atoms with van der Waals surface area (Å²) in [5.41, 5.74) is 6.52. The van der Waals surface area contributed by atoms with E-state index < -0.39 is 0 Å². The molecule has 2 rings (SSSR count). The number of hydrogen-bond donors (Lipinski definition) is 1. The minimum Gasteiger partial charge on any atom is -0.330 e. The van der Waals surface area contributed by atoms with E-state index in [0.29, 0.717) is 16.5 Å². The lowest BCUT2D eigenvalue weighted by molar-refractivity contribution is 0.602. The average molecular weight is 282 g/mol. The number of rotatable bonds is 4. The van der Waals surface area contributed by atoms with Gasteiger partial charge in [0.1, 0.15) is 5.82 Å². The van der Waals surface area contributed by atoms with Gasteiger partial charge in [-0.05, 0) is 42.8 Å². The molecule has 0 fully saturated rings. The summed E-state index contributed by atoms with van der Waals surface area (Å²) in [7, 11) is 0. The van der Waals surface area contributed by atoms with E-state index in [1.807, 2.05) is 24.3 Å². The molecule has 2 N–H and O–H groups in total. The molecule has 0 saturated carbocycles. The van der Waals surface area contributed by atoms with Gasteiger partial charge in [-0.3, -0.25) is 0 Å². The van der Waals surface area contributed by atoms with Gasteiger partial charge in [0.2, 0.25) is 0 Å². The molecule has 2 aromatic carbocycles. The van der Waals surface area contributed by atoms with Crippen molar-refractivity contribution in [2.75, 3.05) is 6.54 Å². The quantitative estimate of drug-likeness (QED) is 0.912. The van der Waals surface area contributed by atoms with Gasteiger partial charge in [-0.25, -0.2) is 4.39 Å². The van der Waals surface area contributed by atoms with Crippen molar-refractivity contribution in [1.82, 2.24) is 0 Å². The van der Waals surface area contributed by atoms with Crippen LogP contribution in [0.25, 0.3) is 0 Å². The molecule has 0 aromatic heterocycles. The van der Waals surface area contributed by atoms with E-state index in [-0.39, 0.29) is 5.82 Å². The molecule has 0 bridgehead atoms. The Hall–Kier alpha value is -1.03. The van der Waals surface area contributed by atoms with Crippen molar-refractivity contribution in [2.45, 2.75) is 16.2 Å². The summed E-state index contributed by atoms with van der Waals surface area (Å²) in [4.78, 5) is 1.52. The lowest BCUT2D eigenvalue weighted by Crippen LogP contribution is -2.02. The van der Waals surface area contributed by atoms with Crippen LogP contribution in [0.15, 0.2) is 52.3 Å². The van der Waals surface area contributed by atoms with Crippen molar-refractivity contribution in [3.63, 3.8) is 0 Å². The van der Waals surface area contributed by atoms with Crippen molar-refractivity contribution >= 4 is 23.4 Å². The molecule has 2 aromatic rings.